The van der Waals surface area contributed by atoms with Crippen LogP contribution in [0.2, 0.25) is 0 Å². The molecule has 0 atom stereocenters. The predicted molar refractivity (Wildman–Crippen MR) is 324 cm³/mol. The molecule has 15 rings (SSSR count). The zero-order valence-corrected chi connectivity index (χ0v) is 42.3. The van der Waals surface area contributed by atoms with Crippen LogP contribution in [-0.4, -0.2) is 4.57 Å². The topological polar surface area (TPSA) is 8.17 Å². The van der Waals surface area contributed by atoms with Crippen LogP contribution in [0.1, 0.15) is 22.3 Å². The van der Waals surface area contributed by atoms with E-state index < -0.39 is 5.41 Å². The normalized spacial score (nSPS) is 12.5. The maximum Gasteiger partial charge on any atom is 0.0714 e. The smallest absolute Gasteiger partial charge is 0.0714 e. The highest BCUT2D eigenvalue weighted by Gasteiger charge is 2.46. The van der Waals surface area contributed by atoms with Gasteiger partial charge in [0, 0.05) is 38.9 Å². The molecule has 1 aliphatic carbocycles. The van der Waals surface area contributed by atoms with Crippen molar-refractivity contribution in [2.45, 2.75) is 5.41 Å². The number of aromatic nitrogens is 1. The highest BCUT2D eigenvalue weighted by atomic mass is 15.1. The first-order valence-corrected chi connectivity index (χ1v) is 26.7. The Hall–Kier alpha value is -10.0. The fraction of sp³-hybridized carbons (Fsp3) is 0.0133. The molecule has 1 heterocycles. The van der Waals surface area contributed by atoms with Crippen LogP contribution in [0.3, 0.4) is 0 Å². The van der Waals surface area contributed by atoms with Gasteiger partial charge in [0.05, 0.1) is 16.4 Å². The van der Waals surface area contributed by atoms with Gasteiger partial charge in [0.25, 0.3) is 0 Å². The molecular weight excluding hydrogens is 929 g/mol. The number of nitrogens with zero attached hydrogens (tertiary/aromatic N) is 2. The van der Waals surface area contributed by atoms with E-state index in [4.69, 9.17) is 0 Å². The van der Waals surface area contributed by atoms with E-state index in [1.807, 2.05) is 0 Å². The van der Waals surface area contributed by atoms with Gasteiger partial charge in [-0.2, -0.15) is 0 Å². The van der Waals surface area contributed by atoms with Gasteiger partial charge in [-0.05, 0) is 144 Å². The van der Waals surface area contributed by atoms with E-state index in [1.54, 1.807) is 0 Å². The third kappa shape index (κ3) is 7.10. The van der Waals surface area contributed by atoms with Gasteiger partial charge in [-0.1, -0.05) is 243 Å². The average Bonchev–Trinajstić information content (AvgIpc) is 4.26. The SMILES string of the molecule is c1ccc(-c2ccc(N(c3cccc(-c4cccc(-c5ccc6c7c8ccccc8c8ccccc8c7n(-c7ccccc7)c6c5)c4)c3)c3ccc4c(c3)C(c3ccccc3)(c3ccccc3)c3ccccc3-4)cc2)cc1. The van der Waals surface area contributed by atoms with E-state index in [9.17, 15) is 0 Å². The molecule has 0 N–H and O–H groups in total. The lowest BCUT2D eigenvalue weighted by molar-refractivity contribution is 0.768. The molecule has 14 aromatic rings. The van der Waals surface area contributed by atoms with Crippen molar-refractivity contribution < 1.29 is 0 Å². The van der Waals surface area contributed by atoms with Gasteiger partial charge in [0.1, 0.15) is 0 Å². The van der Waals surface area contributed by atoms with Crippen LogP contribution in [0, 0.1) is 0 Å². The summed E-state index contributed by atoms with van der Waals surface area (Å²) in [5.74, 6) is 0. The Morgan fingerprint density at radius 1 is 0.273 bits per heavy atom. The Bertz CT molecular complexity index is 4500. The van der Waals surface area contributed by atoms with Crippen molar-refractivity contribution in [3.05, 3.63) is 326 Å². The molecule has 0 unspecified atom stereocenters. The fourth-order valence-electron chi connectivity index (χ4n) is 12.9. The summed E-state index contributed by atoms with van der Waals surface area (Å²) in [6.45, 7) is 0. The van der Waals surface area contributed by atoms with Gasteiger partial charge in [-0.25, -0.2) is 0 Å². The van der Waals surface area contributed by atoms with E-state index >= 15 is 0 Å². The van der Waals surface area contributed by atoms with Crippen LogP contribution >= 0.6 is 0 Å². The average molecular weight is 979 g/mol. The minimum atomic E-state index is -0.532. The predicted octanol–water partition coefficient (Wildman–Crippen LogP) is 19.9. The Morgan fingerprint density at radius 3 is 1.45 bits per heavy atom. The number of anilines is 3. The number of fused-ring (bicyclic) bond motifs is 11. The Morgan fingerprint density at radius 2 is 0.753 bits per heavy atom. The van der Waals surface area contributed by atoms with Gasteiger partial charge < -0.3 is 9.47 Å². The molecule has 0 fully saturated rings. The van der Waals surface area contributed by atoms with Gasteiger partial charge in [0.15, 0.2) is 0 Å². The van der Waals surface area contributed by atoms with E-state index in [1.165, 1.54) is 99.0 Å². The summed E-state index contributed by atoms with van der Waals surface area (Å²) in [6.07, 6.45) is 0. The van der Waals surface area contributed by atoms with Crippen LogP contribution < -0.4 is 4.90 Å². The third-order valence-corrected chi connectivity index (χ3v) is 16.2. The van der Waals surface area contributed by atoms with Crippen LogP contribution in [0.15, 0.2) is 303 Å². The maximum absolute atomic E-state index is 2.48. The minimum Gasteiger partial charge on any atom is -0.310 e. The molecule has 13 aromatic carbocycles. The van der Waals surface area contributed by atoms with E-state index in [0.29, 0.717) is 0 Å². The van der Waals surface area contributed by atoms with Crippen molar-refractivity contribution in [3.8, 4) is 50.2 Å². The number of para-hydroxylation sites is 1. The van der Waals surface area contributed by atoms with Crippen LogP contribution in [0.5, 0.6) is 0 Å². The molecule has 0 saturated carbocycles. The van der Waals surface area contributed by atoms with Crippen molar-refractivity contribution in [2.24, 2.45) is 0 Å². The molecule has 1 aromatic heterocycles. The van der Waals surface area contributed by atoms with Gasteiger partial charge >= 0.3 is 0 Å². The lowest BCUT2D eigenvalue weighted by Gasteiger charge is -2.35. The summed E-state index contributed by atoms with van der Waals surface area (Å²) in [7, 11) is 0. The van der Waals surface area contributed by atoms with E-state index in [0.717, 1.165) is 33.9 Å². The van der Waals surface area contributed by atoms with Crippen molar-refractivity contribution in [1.29, 1.82) is 0 Å². The van der Waals surface area contributed by atoms with Gasteiger partial charge in [0.2, 0.25) is 0 Å². The summed E-state index contributed by atoms with van der Waals surface area (Å²) < 4.78 is 2.48. The van der Waals surface area contributed by atoms with Crippen LogP contribution in [-0.2, 0) is 5.41 Å². The number of hydrogen-bond donors (Lipinski definition) is 0. The standard InChI is InChI=1S/C75H50N2/c1-5-21-51(22-6-1)52-39-42-60(43-40-52)76(62-44-46-66-65-35-17-18-38-70(65)75(71(66)50-62,57-26-7-2-8-27-57)58-28-9-3-10-29-58)61-32-20-25-55(48-61)53-23-19-24-54(47-53)56-41-45-69-72(49-56)77(59-30-11-4-12-31-59)74-68-37-16-14-34-64(68)63-33-13-15-36-67(63)73(69)74/h1-50H. The van der Waals surface area contributed by atoms with Crippen molar-refractivity contribution in [1.82, 2.24) is 4.57 Å². The molecule has 2 nitrogen and oxygen atoms in total. The monoisotopic (exact) mass is 978 g/mol. The molecule has 0 amide bonds. The third-order valence-electron chi connectivity index (χ3n) is 16.2. The molecule has 0 bridgehead atoms. The summed E-state index contributed by atoms with van der Waals surface area (Å²) in [6, 6.07) is 112. The van der Waals surface area contributed by atoms with E-state index in [-0.39, 0.29) is 0 Å². The molecule has 1 aliphatic rings. The second-order valence-corrected chi connectivity index (χ2v) is 20.4. The first-order valence-electron chi connectivity index (χ1n) is 26.7. The first-order chi connectivity index (χ1) is 38.2. The molecule has 360 valence electrons. The molecule has 0 aliphatic heterocycles. The summed E-state index contributed by atoms with van der Waals surface area (Å²) in [5.41, 5.74) is 20.9. The zero-order valence-electron chi connectivity index (χ0n) is 42.3. The van der Waals surface area contributed by atoms with Crippen molar-refractivity contribution in [3.63, 3.8) is 0 Å². The Labute approximate surface area is 448 Å². The number of benzene rings is 13. The number of hydrogen-bond acceptors (Lipinski definition) is 1. The van der Waals surface area contributed by atoms with Crippen LogP contribution in [0.25, 0.3) is 93.5 Å². The zero-order chi connectivity index (χ0) is 50.9. The highest BCUT2D eigenvalue weighted by Crippen LogP contribution is 2.57. The summed E-state index contributed by atoms with van der Waals surface area (Å²) >= 11 is 0. The second-order valence-electron chi connectivity index (χ2n) is 20.4. The lowest BCUT2D eigenvalue weighted by Crippen LogP contribution is -2.28. The molecule has 0 spiro atoms. The Kier molecular flexibility index (Phi) is 10.5. The maximum atomic E-state index is 2.48. The molecule has 0 radical (unpaired) electrons. The Balaban J connectivity index is 0.889. The minimum absolute atomic E-state index is 0.532. The molecule has 2 heteroatoms. The molecule has 0 saturated heterocycles. The molecule has 77 heavy (non-hydrogen) atoms. The fourth-order valence-corrected chi connectivity index (χ4v) is 12.9. The quantitative estimate of drug-likeness (QED) is 0.131. The first kappa shape index (κ1) is 44.5. The second kappa shape index (κ2) is 18.1. The number of rotatable bonds is 9. The van der Waals surface area contributed by atoms with Crippen molar-refractivity contribution in [2.75, 3.05) is 4.90 Å². The van der Waals surface area contributed by atoms with Gasteiger partial charge in [-0.3, -0.25) is 0 Å². The van der Waals surface area contributed by atoms with Gasteiger partial charge in [-0.15, -0.1) is 0 Å². The summed E-state index contributed by atoms with van der Waals surface area (Å²) in [5, 5.41) is 7.60. The van der Waals surface area contributed by atoms with Crippen LogP contribution in [0.4, 0.5) is 17.1 Å². The lowest BCUT2D eigenvalue weighted by atomic mass is 9.67. The van der Waals surface area contributed by atoms with Crippen molar-refractivity contribution >= 4 is 60.4 Å². The van der Waals surface area contributed by atoms with E-state index in [2.05, 4.69) is 313 Å². The summed E-state index contributed by atoms with van der Waals surface area (Å²) in [4.78, 5) is 2.44. The largest absolute Gasteiger partial charge is 0.310 e. The molecular formula is C75H50N2. The highest BCUT2D eigenvalue weighted by molar-refractivity contribution is 6.32.